The zero-order chi connectivity index (χ0) is 13.8. The molecule has 1 fully saturated rings. The van der Waals surface area contributed by atoms with Gasteiger partial charge in [0.25, 0.3) is 0 Å². The summed E-state index contributed by atoms with van der Waals surface area (Å²) in [7, 11) is 0. The van der Waals surface area contributed by atoms with Crippen LogP contribution in [0.25, 0.3) is 0 Å². The second-order valence-electron chi connectivity index (χ2n) is 5.23. The minimum Gasteiger partial charge on any atom is -0.332 e. The molecule has 0 bridgehead atoms. The molecule has 1 unspecified atom stereocenters. The van der Waals surface area contributed by atoms with Crippen LogP contribution >= 0.6 is 0 Å². The molecule has 2 rings (SSSR count). The molecule has 1 amide bonds. The summed E-state index contributed by atoms with van der Waals surface area (Å²) in [4.78, 5) is 26.3. The average molecular weight is 259 g/mol. The summed E-state index contributed by atoms with van der Waals surface area (Å²) in [5, 5.41) is 0. The number of nitrogens with zero attached hydrogens (tertiary/aromatic N) is 1. The number of carbonyl (C=O) groups excluding carboxylic acids is 2. The number of hydrogen-bond donors (Lipinski definition) is 0. The summed E-state index contributed by atoms with van der Waals surface area (Å²) in [6, 6.07) is 7.36. The van der Waals surface area contributed by atoms with Gasteiger partial charge >= 0.3 is 0 Å². The molecular weight excluding hydrogens is 238 g/mol. The van der Waals surface area contributed by atoms with Gasteiger partial charge in [0.1, 0.15) is 0 Å². The highest BCUT2D eigenvalue weighted by Gasteiger charge is 2.33. The van der Waals surface area contributed by atoms with Crippen LogP contribution in [-0.2, 0) is 4.79 Å². The maximum atomic E-state index is 12.5. The van der Waals surface area contributed by atoms with Crippen LogP contribution in [0.4, 0.5) is 0 Å². The molecule has 3 nitrogen and oxygen atoms in total. The van der Waals surface area contributed by atoms with Crippen molar-refractivity contribution in [2.75, 3.05) is 6.54 Å². The Kier molecular flexibility index (Phi) is 4.35. The molecule has 1 aliphatic rings. The number of rotatable bonds is 4. The fourth-order valence-corrected chi connectivity index (χ4v) is 2.61. The molecular formula is C16H21NO2. The molecule has 1 atom stereocenters. The van der Waals surface area contributed by atoms with Crippen LogP contribution in [-0.4, -0.2) is 29.2 Å². The van der Waals surface area contributed by atoms with Crippen LogP contribution < -0.4 is 0 Å². The number of benzene rings is 1. The first-order valence-electron chi connectivity index (χ1n) is 7.04. The zero-order valence-corrected chi connectivity index (χ0v) is 11.7. The Morgan fingerprint density at radius 3 is 2.58 bits per heavy atom. The lowest BCUT2D eigenvalue weighted by atomic mass is 10.0. The molecule has 0 saturated carbocycles. The number of hydrogen-bond acceptors (Lipinski definition) is 2. The predicted molar refractivity (Wildman–Crippen MR) is 75.2 cm³/mol. The van der Waals surface area contributed by atoms with E-state index in [9.17, 15) is 9.59 Å². The van der Waals surface area contributed by atoms with E-state index in [1.807, 2.05) is 38.1 Å². The third-order valence-corrected chi connectivity index (χ3v) is 3.68. The van der Waals surface area contributed by atoms with E-state index in [1.165, 1.54) is 0 Å². The summed E-state index contributed by atoms with van der Waals surface area (Å²) in [6.07, 6.45) is 3.10. The molecule has 1 aliphatic heterocycles. The van der Waals surface area contributed by atoms with Crippen LogP contribution in [0.3, 0.4) is 0 Å². The Morgan fingerprint density at radius 2 is 1.95 bits per heavy atom. The number of amides is 1. The molecule has 0 radical (unpaired) electrons. The van der Waals surface area contributed by atoms with E-state index >= 15 is 0 Å². The van der Waals surface area contributed by atoms with Gasteiger partial charge in [0.05, 0.1) is 6.04 Å². The van der Waals surface area contributed by atoms with E-state index in [0.717, 1.165) is 31.4 Å². The maximum Gasteiger partial charge on any atom is 0.223 e. The SMILES string of the molecule is CCCC(=O)N1CCCC1C(=O)c1ccc(C)cc1. The molecule has 102 valence electrons. The van der Waals surface area contributed by atoms with Crippen LogP contribution in [0.2, 0.25) is 0 Å². The van der Waals surface area contributed by atoms with Crippen molar-refractivity contribution in [2.45, 2.75) is 45.6 Å². The van der Waals surface area contributed by atoms with Crippen molar-refractivity contribution in [3.8, 4) is 0 Å². The number of Topliss-reactive ketones (excluding diaryl/α,β-unsaturated/α-hetero) is 1. The van der Waals surface area contributed by atoms with Gasteiger partial charge in [-0.25, -0.2) is 0 Å². The number of carbonyl (C=O) groups is 2. The Labute approximate surface area is 114 Å². The van der Waals surface area contributed by atoms with Gasteiger partial charge in [0.15, 0.2) is 5.78 Å². The van der Waals surface area contributed by atoms with Gasteiger partial charge in [-0.05, 0) is 26.2 Å². The van der Waals surface area contributed by atoms with E-state index in [4.69, 9.17) is 0 Å². The maximum absolute atomic E-state index is 12.5. The van der Waals surface area contributed by atoms with E-state index in [-0.39, 0.29) is 17.7 Å². The van der Waals surface area contributed by atoms with Gasteiger partial charge in [0, 0.05) is 18.5 Å². The van der Waals surface area contributed by atoms with Crippen molar-refractivity contribution in [2.24, 2.45) is 0 Å². The van der Waals surface area contributed by atoms with Crippen LogP contribution in [0.5, 0.6) is 0 Å². The second-order valence-corrected chi connectivity index (χ2v) is 5.23. The van der Waals surface area contributed by atoms with Crippen LogP contribution in [0.15, 0.2) is 24.3 Å². The van der Waals surface area contributed by atoms with Gasteiger partial charge in [-0.2, -0.15) is 0 Å². The first kappa shape index (κ1) is 13.8. The minimum atomic E-state index is -0.248. The Hall–Kier alpha value is -1.64. The topological polar surface area (TPSA) is 37.4 Å². The summed E-state index contributed by atoms with van der Waals surface area (Å²) in [5.41, 5.74) is 1.86. The van der Waals surface area contributed by atoms with Crippen molar-refractivity contribution in [3.05, 3.63) is 35.4 Å². The molecule has 0 N–H and O–H groups in total. The molecule has 0 spiro atoms. The number of aryl methyl sites for hydroxylation is 1. The van der Waals surface area contributed by atoms with Crippen molar-refractivity contribution < 1.29 is 9.59 Å². The highest BCUT2D eigenvalue weighted by Crippen LogP contribution is 2.22. The highest BCUT2D eigenvalue weighted by molar-refractivity contribution is 6.02. The lowest BCUT2D eigenvalue weighted by Gasteiger charge is -2.23. The largest absolute Gasteiger partial charge is 0.332 e. The minimum absolute atomic E-state index is 0.0851. The second kappa shape index (κ2) is 6.00. The third-order valence-electron chi connectivity index (χ3n) is 3.68. The number of likely N-dealkylation sites (tertiary alicyclic amines) is 1. The normalized spacial score (nSPS) is 18.6. The summed E-state index contributed by atoms with van der Waals surface area (Å²) >= 11 is 0. The van der Waals surface area contributed by atoms with Gasteiger partial charge in [-0.15, -0.1) is 0 Å². The molecule has 3 heteroatoms. The molecule has 1 aromatic rings. The van der Waals surface area contributed by atoms with E-state index in [1.54, 1.807) is 4.90 Å². The molecule has 1 saturated heterocycles. The van der Waals surface area contributed by atoms with Crippen molar-refractivity contribution in [3.63, 3.8) is 0 Å². The van der Waals surface area contributed by atoms with E-state index in [0.29, 0.717) is 12.0 Å². The number of ketones is 1. The van der Waals surface area contributed by atoms with Crippen molar-refractivity contribution in [1.29, 1.82) is 0 Å². The smallest absolute Gasteiger partial charge is 0.223 e. The van der Waals surface area contributed by atoms with Gasteiger partial charge in [-0.1, -0.05) is 36.8 Å². The monoisotopic (exact) mass is 259 g/mol. The fraction of sp³-hybridized carbons (Fsp3) is 0.500. The van der Waals surface area contributed by atoms with Crippen molar-refractivity contribution in [1.82, 2.24) is 4.90 Å². The quantitative estimate of drug-likeness (QED) is 0.780. The molecule has 0 aliphatic carbocycles. The van der Waals surface area contributed by atoms with E-state index < -0.39 is 0 Å². The fourth-order valence-electron chi connectivity index (χ4n) is 2.61. The Balaban J connectivity index is 2.13. The Bertz CT molecular complexity index is 464. The summed E-state index contributed by atoms with van der Waals surface area (Å²) < 4.78 is 0. The van der Waals surface area contributed by atoms with Crippen LogP contribution in [0.1, 0.15) is 48.5 Å². The van der Waals surface area contributed by atoms with E-state index in [2.05, 4.69) is 0 Å². The van der Waals surface area contributed by atoms with Crippen molar-refractivity contribution >= 4 is 11.7 Å². The lowest BCUT2D eigenvalue weighted by molar-refractivity contribution is -0.131. The molecule has 1 heterocycles. The first-order valence-corrected chi connectivity index (χ1v) is 7.04. The predicted octanol–water partition coefficient (Wildman–Crippen LogP) is 2.97. The molecule has 0 aromatic heterocycles. The summed E-state index contributed by atoms with van der Waals surface area (Å²) in [5.74, 6) is 0.201. The van der Waals surface area contributed by atoms with Gasteiger partial charge in [-0.3, -0.25) is 9.59 Å². The average Bonchev–Trinajstić information content (AvgIpc) is 2.88. The Morgan fingerprint density at radius 1 is 1.26 bits per heavy atom. The third kappa shape index (κ3) is 3.03. The highest BCUT2D eigenvalue weighted by atomic mass is 16.2. The van der Waals surface area contributed by atoms with Gasteiger partial charge < -0.3 is 4.90 Å². The lowest BCUT2D eigenvalue weighted by Crippen LogP contribution is -2.40. The standard InChI is InChI=1S/C16H21NO2/c1-3-5-15(18)17-11-4-6-14(17)16(19)13-9-7-12(2)8-10-13/h7-10,14H,3-6,11H2,1-2H3. The zero-order valence-electron chi connectivity index (χ0n) is 11.7. The first-order chi connectivity index (χ1) is 9.13. The van der Waals surface area contributed by atoms with Crippen LogP contribution in [0, 0.1) is 6.92 Å². The van der Waals surface area contributed by atoms with Gasteiger partial charge in [0.2, 0.25) is 5.91 Å². The summed E-state index contributed by atoms with van der Waals surface area (Å²) in [6.45, 7) is 4.72. The molecule has 1 aromatic carbocycles. The molecule has 19 heavy (non-hydrogen) atoms.